The third-order valence-electron chi connectivity index (χ3n) is 6.39. The maximum absolute atomic E-state index is 12.6. The van der Waals surface area contributed by atoms with Gasteiger partial charge < -0.3 is 10.2 Å². The van der Waals surface area contributed by atoms with E-state index >= 15 is 0 Å². The predicted molar refractivity (Wildman–Crippen MR) is 115 cm³/mol. The fourth-order valence-electron chi connectivity index (χ4n) is 4.56. The van der Waals surface area contributed by atoms with Crippen LogP contribution in [0.1, 0.15) is 41.1 Å². The standard InChI is InChI=1S/C23H31N5O/c1-16-6-7-18(12-17(16)2)13-27-14-19(20(15-27)22(29)24-3)21-8-9-25-23(26-21)28-10-4-5-11-28/h6-9,12,19-20H,4-5,10-11,13-15H2,1-3H3,(H,24,29)/t19-,20-/m1/s1. The van der Waals surface area contributed by atoms with Gasteiger partial charge in [-0.05, 0) is 49.4 Å². The molecule has 2 aromatic rings. The van der Waals surface area contributed by atoms with Crippen molar-refractivity contribution in [1.29, 1.82) is 0 Å². The molecule has 4 rings (SSSR count). The highest BCUT2D eigenvalue weighted by Crippen LogP contribution is 2.33. The molecule has 1 amide bonds. The van der Waals surface area contributed by atoms with Crippen LogP contribution in [0.15, 0.2) is 30.5 Å². The lowest BCUT2D eigenvalue weighted by Crippen LogP contribution is -2.32. The summed E-state index contributed by atoms with van der Waals surface area (Å²) in [5, 5.41) is 2.86. The first-order chi connectivity index (χ1) is 14.0. The van der Waals surface area contributed by atoms with Crippen molar-refractivity contribution in [3.63, 3.8) is 0 Å². The molecule has 1 aromatic carbocycles. The fraction of sp³-hybridized carbons (Fsp3) is 0.522. The molecule has 1 N–H and O–H groups in total. The normalized spacial score (nSPS) is 22.2. The number of carbonyl (C=O) groups excluding carboxylic acids is 1. The minimum absolute atomic E-state index is 0.0887. The Morgan fingerprint density at radius 3 is 2.66 bits per heavy atom. The van der Waals surface area contributed by atoms with Crippen LogP contribution in [-0.2, 0) is 11.3 Å². The largest absolute Gasteiger partial charge is 0.359 e. The summed E-state index contributed by atoms with van der Waals surface area (Å²) in [6.07, 6.45) is 4.24. The molecular weight excluding hydrogens is 362 g/mol. The van der Waals surface area contributed by atoms with Crippen molar-refractivity contribution in [2.75, 3.05) is 38.1 Å². The van der Waals surface area contributed by atoms with Gasteiger partial charge in [-0.15, -0.1) is 0 Å². The molecule has 2 aliphatic heterocycles. The summed E-state index contributed by atoms with van der Waals surface area (Å²) in [6, 6.07) is 8.62. The average Bonchev–Trinajstić information content (AvgIpc) is 3.41. The first kappa shape index (κ1) is 19.8. The van der Waals surface area contributed by atoms with Gasteiger partial charge in [0, 0.05) is 51.9 Å². The molecule has 2 atom stereocenters. The molecule has 0 bridgehead atoms. The highest BCUT2D eigenvalue weighted by molar-refractivity contribution is 5.80. The number of likely N-dealkylation sites (tertiary alicyclic amines) is 1. The molecule has 0 radical (unpaired) electrons. The number of nitrogens with one attached hydrogen (secondary N) is 1. The number of aromatic nitrogens is 2. The summed E-state index contributed by atoms with van der Waals surface area (Å²) in [4.78, 5) is 26.6. The Labute approximate surface area is 173 Å². The second-order valence-corrected chi connectivity index (χ2v) is 8.42. The van der Waals surface area contributed by atoms with Crippen molar-refractivity contribution in [2.24, 2.45) is 5.92 Å². The van der Waals surface area contributed by atoms with Crippen LogP contribution >= 0.6 is 0 Å². The molecule has 0 spiro atoms. The number of rotatable bonds is 5. The molecule has 0 saturated carbocycles. The van der Waals surface area contributed by atoms with Crippen LogP contribution in [0.3, 0.4) is 0 Å². The molecule has 3 heterocycles. The Balaban J connectivity index is 1.55. The van der Waals surface area contributed by atoms with Crippen molar-refractivity contribution in [3.8, 4) is 0 Å². The summed E-state index contributed by atoms with van der Waals surface area (Å²) in [7, 11) is 1.72. The van der Waals surface area contributed by atoms with Crippen LogP contribution in [0, 0.1) is 19.8 Å². The average molecular weight is 394 g/mol. The lowest BCUT2D eigenvalue weighted by molar-refractivity contribution is -0.124. The molecule has 154 valence electrons. The van der Waals surface area contributed by atoms with E-state index in [2.05, 4.69) is 52.1 Å². The van der Waals surface area contributed by atoms with E-state index in [-0.39, 0.29) is 17.7 Å². The quantitative estimate of drug-likeness (QED) is 0.846. The first-order valence-corrected chi connectivity index (χ1v) is 10.6. The molecule has 2 saturated heterocycles. The minimum atomic E-state index is -0.0899. The zero-order valence-corrected chi connectivity index (χ0v) is 17.7. The Kier molecular flexibility index (Phi) is 5.81. The van der Waals surface area contributed by atoms with E-state index in [1.807, 2.05) is 12.3 Å². The Morgan fingerprint density at radius 2 is 1.93 bits per heavy atom. The van der Waals surface area contributed by atoms with E-state index in [1.165, 1.54) is 29.5 Å². The molecule has 1 aromatic heterocycles. The second kappa shape index (κ2) is 8.49. The van der Waals surface area contributed by atoms with Crippen LogP contribution in [0.4, 0.5) is 5.95 Å². The van der Waals surface area contributed by atoms with E-state index in [4.69, 9.17) is 4.98 Å². The summed E-state index contributed by atoms with van der Waals surface area (Å²) in [5.41, 5.74) is 4.90. The highest BCUT2D eigenvalue weighted by atomic mass is 16.1. The van der Waals surface area contributed by atoms with Crippen molar-refractivity contribution in [3.05, 3.63) is 52.8 Å². The molecule has 2 fully saturated rings. The van der Waals surface area contributed by atoms with Gasteiger partial charge >= 0.3 is 0 Å². The van der Waals surface area contributed by atoms with Crippen molar-refractivity contribution in [1.82, 2.24) is 20.2 Å². The van der Waals surface area contributed by atoms with Crippen LogP contribution in [0.5, 0.6) is 0 Å². The van der Waals surface area contributed by atoms with E-state index in [0.29, 0.717) is 0 Å². The monoisotopic (exact) mass is 393 g/mol. The Hall–Kier alpha value is -2.47. The smallest absolute Gasteiger partial charge is 0.225 e. The number of nitrogens with zero attached hydrogens (tertiary/aromatic N) is 4. The lowest BCUT2D eigenvalue weighted by atomic mass is 9.92. The maximum atomic E-state index is 12.6. The number of hydrogen-bond donors (Lipinski definition) is 1. The van der Waals surface area contributed by atoms with Gasteiger partial charge in [0.15, 0.2) is 0 Å². The van der Waals surface area contributed by atoms with Gasteiger partial charge in [-0.25, -0.2) is 9.97 Å². The van der Waals surface area contributed by atoms with Gasteiger partial charge in [0.25, 0.3) is 0 Å². The molecule has 0 unspecified atom stereocenters. The number of benzene rings is 1. The van der Waals surface area contributed by atoms with Gasteiger partial charge in [0.1, 0.15) is 0 Å². The molecule has 6 nitrogen and oxygen atoms in total. The van der Waals surface area contributed by atoms with Crippen molar-refractivity contribution in [2.45, 2.75) is 39.2 Å². The summed E-state index contributed by atoms with van der Waals surface area (Å²) < 4.78 is 0. The predicted octanol–water partition coefficient (Wildman–Crippen LogP) is 2.66. The van der Waals surface area contributed by atoms with Crippen LogP contribution in [0.25, 0.3) is 0 Å². The fourth-order valence-corrected chi connectivity index (χ4v) is 4.56. The van der Waals surface area contributed by atoms with Gasteiger partial charge in [-0.1, -0.05) is 18.2 Å². The summed E-state index contributed by atoms with van der Waals surface area (Å²) in [5.74, 6) is 0.904. The molecule has 0 aliphatic carbocycles. The minimum Gasteiger partial charge on any atom is -0.359 e. The van der Waals surface area contributed by atoms with Gasteiger partial charge in [-0.2, -0.15) is 0 Å². The topological polar surface area (TPSA) is 61.4 Å². The number of anilines is 1. The van der Waals surface area contributed by atoms with Gasteiger partial charge in [0.05, 0.1) is 11.6 Å². The van der Waals surface area contributed by atoms with Crippen molar-refractivity contribution < 1.29 is 4.79 Å². The summed E-state index contributed by atoms with van der Waals surface area (Å²) in [6.45, 7) is 8.77. The number of amides is 1. The molecule has 29 heavy (non-hydrogen) atoms. The lowest BCUT2D eigenvalue weighted by Gasteiger charge is -2.20. The summed E-state index contributed by atoms with van der Waals surface area (Å²) >= 11 is 0. The third-order valence-corrected chi connectivity index (χ3v) is 6.39. The SMILES string of the molecule is CNC(=O)[C@@H]1CN(Cc2ccc(C)c(C)c2)C[C@H]1c1ccnc(N2CCCC2)n1. The van der Waals surface area contributed by atoms with E-state index < -0.39 is 0 Å². The second-order valence-electron chi connectivity index (χ2n) is 8.42. The number of carbonyl (C=O) groups is 1. The third kappa shape index (κ3) is 4.27. The van der Waals surface area contributed by atoms with Crippen molar-refractivity contribution >= 4 is 11.9 Å². The van der Waals surface area contributed by atoms with Crippen LogP contribution in [-0.4, -0.2) is 54.0 Å². The molecule has 2 aliphatic rings. The Morgan fingerprint density at radius 1 is 1.14 bits per heavy atom. The number of aryl methyl sites for hydroxylation is 2. The first-order valence-electron chi connectivity index (χ1n) is 10.6. The van der Waals surface area contributed by atoms with Crippen LogP contribution < -0.4 is 10.2 Å². The van der Waals surface area contributed by atoms with Gasteiger partial charge in [-0.3, -0.25) is 9.69 Å². The molecule has 6 heteroatoms. The zero-order chi connectivity index (χ0) is 20.4. The van der Waals surface area contributed by atoms with Gasteiger partial charge in [0.2, 0.25) is 11.9 Å². The maximum Gasteiger partial charge on any atom is 0.225 e. The van der Waals surface area contributed by atoms with E-state index in [0.717, 1.165) is 44.4 Å². The molecular formula is C23H31N5O. The van der Waals surface area contributed by atoms with E-state index in [1.54, 1.807) is 7.05 Å². The highest BCUT2D eigenvalue weighted by Gasteiger charge is 2.39. The zero-order valence-electron chi connectivity index (χ0n) is 17.7. The van der Waals surface area contributed by atoms with E-state index in [9.17, 15) is 4.79 Å². The van der Waals surface area contributed by atoms with Crippen LogP contribution in [0.2, 0.25) is 0 Å². The Bertz CT molecular complexity index is 877. The number of hydrogen-bond acceptors (Lipinski definition) is 5.